The third-order valence-electron chi connectivity index (χ3n) is 3.39. The predicted molar refractivity (Wildman–Crippen MR) is 74.6 cm³/mol. The van der Waals surface area contributed by atoms with Crippen LogP contribution < -0.4 is 4.74 Å². The quantitative estimate of drug-likeness (QED) is 0.777. The number of alkyl halides is 1. The third kappa shape index (κ3) is 3.50. The first-order valence-electron chi connectivity index (χ1n) is 6.25. The Morgan fingerprint density at radius 2 is 2.33 bits per heavy atom. The molecule has 0 aromatic carbocycles. The second-order valence-corrected chi connectivity index (χ2v) is 5.30. The van der Waals surface area contributed by atoms with Gasteiger partial charge in [0.25, 0.3) is 0 Å². The SMILES string of the molecule is CN1CCCC1CCOc1ccc(Cl)c(CCl)n1. The molecular weight excluding hydrogens is 271 g/mol. The van der Waals surface area contributed by atoms with Crippen molar-refractivity contribution in [3.05, 3.63) is 22.8 Å². The number of hydrogen-bond acceptors (Lipinski definition) is 3. The normalized spacial score (nSPS) is 20.3. The lowest BCUT2D eigenvalue weighted by Crippen LogP contribution is -2.26. The number of halogens is 2. The summed E-state index contributed by atoms with van der Waals surface area (Å²) in [7, 11) is 2.17. The number of aromatic nitrogens is 1. The predicted octanol–water partition coefficient (Wildman–Crippen LogP) is 3.34. The lowest BCUT2D eigenvalue weighted by atomic mass is 10.1. The molecule has 1 fully saturated rings. The molecule has 100 valence electrons. The van der Waals surface area contributed by atoms with Gasteiger partial charge in [-0.2, -0.15) is 0 Å². The number of pyridine rings is 1. The van der Waals surface area contributed by atoms with Gasteiger partial charge in [0.15, 0.2) is 0 Å². The molecule has 0 amide bonds. The number of ether oxygens (including phenoxy) is 1. The van der Waals surface area contributed by atoms with E-state index in [9.17, 15) is 0 Å². The van der Waals surface area contributed by atoms with Crippen LogP contribution in [0.4, 0.5) is 0 Å². The number of nitrogens with zero attached hydrogens (tertiary/aromatic N) is 2. The van der Waals surface area contributed by atoms with Gasteiger partial charge in [-0.05, 0) is 38.9 Å². The molecule has 0 spiro atoms. The van der Waals surface area contributed by atoms with Crippen LogP contribution in [0.2, 0.25) is 5.02 Å². The standard InChI is InChI=1S/C13H18Cl2N2O/c1-17-7-2-3-10(17)6-8-18-13-5-4-11(15)12(9-14)16-13/h4-5,10H,2-3,6-9H2,1H3. The average Bonchev–Trinajstić information content (AvgIpc) is 2.77. The first kappa shape index (κ1) is 13.9. The number of rotatable bonds is 5. The molecule has 1 aliphatic rings. The van der Waals surface area contributed by atoms with Gasteiger partial charge < -0.3 is 9.64 Å². The van der Waals surface area contributed by atoms with Crippen LogP contribution in [0.3, 0.4) is 0 Å². The van der Waals surface area contributed by atoms with Gasteiger partial charge in [-0.1, -0.05) is 11.6 Å². The molecule has 0 N–H and O–H groups in total. The van der Waals surface area contributed by atoms with Gasteiger partial charge in [-0.3, -0.25) is 0 Å². The van der Waals surface area contributed by atoms with Crippen molar-refractivity contribution in [1.82, 2.24) is 9.88 Å². The van der Waals surface area contributed by atoms with E-state index in [0.717, 1.165) is 6.42 Å². The van der Waals surface area contributed by atoms with Crippen LogP contribution >= 0.6 is 23.2 Å². The summed E-state index contributed by atoms with van der Waals surface area (Å²) >= 11 is 11.7. The molecule has 0 aliphatic carbocycles. The lowest BCUT2D eigenvalue weighted by molar-refractivity contribution is 0.228. The highest BCUT2D eigenvalue weighted by Gasteiger charge is 2.20. The Bertz CT molecular complexity index is 401. The van der Waals surface area contributed by atoms with Gasteiger partial charge in [0, 0.05) is 12.1 Å². The van der Waals surface area contributed by atoms with Gasteiger partial charge in [0.2, 0.25) is 5.88 Å². The fourth-order valence-electron chi connectivity index (χ4n) is 2.28. The number of likely N-dealkylation sites (tertiary alicyclic amines) is 1. The second kappa shape index (κ2) is 6.60. The summed E-state index contributed by atoms with van der Waals surface area (Å²) in [6.07, 6.45) is 3.59. The van der Waals surface area contributed by atoms with Crippen molar-refractivity contribution in [3.8, 4) is 5.88 Å². The molecule has 2 rings (SSSR count). The van der Waals surface area contributed by atoms with E-state index < -0.39 is 0 Å². The molecule has 1 atom stereocenters. The van der Waals surface area contributed by atoms with Crippen molar-refractivity contribution < 1.29 is 4.74 Å². The molecule has 1 unspecified atom stereocenters. The molecule has 5 heteroatoms. The highest BCUT2D eigenvalue weighted by atomic mass is 35.5. The lowest BCUT2D eigenvalue weighted by Gasteiger charge is -2.19. The van der Waals surface area contributed by atoms with Gasteiger partial charge in [0.1, 0.15) is 0 Å². The maximum absolute atomic E-state index is 5.94. The molecule has 0 radical (unpaired) electrons. The summed E-state index contributed by atoms with van der Waals surface area (Å²) in [5.74, 6) is 0.914. The van der Waals surface area contributed by atoms with E-state index in [4.69, 9.17) is 27.9 Å². The van der Waals surface area contributed by atoms with Crippen LogP contribution in [0.25, 0.3) is 0 Å². The largest absolute Gasteiger partial charge is 0.478 e. The Labute approximate surface area is 118 Å². The summed E-state index contributed by atoms with van der Waals surface area (Å²) < 4.78 is 5.66. The minimum absolute atomic E-state index is 0.307. The highest BCUT2D eigenvalue weighted by molar-refractivity contribution is 6.32. The Hall–Kier alpha value is -0.510. The van der Waals surface area contributed by atoms with E-state index in [0.29, 0.717) is 35.1 Å². The second-order valence-electron chi connectivity index (χ2n) is 4.63. The Morgan fingerprint density at radius 3 is 3.00 bits per heavy atom. The van der Waals surface area contributed by atoms with E-state index in [2.05, 4.69) is 16.9 Å². The summed E-state index contributed by atoms with van der Waals surface area (Å²) in [4.78, 5) is 6.67. The minimum atomic E-state index is 0.307. The molecule has 3 nitrogen and oxygen atoms in total. The van der Waals surface area contributed by atoms with Crippen molar-refractivity contribution in [2.24, 2.45) is 0 Å². The van der Waals surface area contributed by atoms with Crippen molar-refractivity contribution in [1.29, 1.82) is 0 Å². The monoisotopic (exact) mass is 288 g/mol. The Balaban J connectivity index is 1.83. The average molecular weight is 289 g/mol. The van der Waals surface area contributed by atoms with Gasteiger partial charge >= 0.3 is 0 Å². The first-order chi connectivity index (χ1) is 8.70. The molecular formula is C13H18Cl2N2O. The molecule has 0 bridgehead atoms. The summed E-state index contributed by atoms with van der Waals surface area (Å²) in [6.45, 7) is 1.88. The van der Waals surface area contributed by atoms with Gasteiger partial charge in [0.05, 0.1) is 23.2 Å². The zero-order valence-corrected chi connectivity index (χ0v) is 12.0. The molecule has 2 heterocycles. The van der Waals surface area contributed by atoms with E-state index >= 15 is 0 Å². The third-order valence-corrected chi connectivity index (χ3v) is 3.99. The molecule has 1 saturated heterocycles. The van der Waals surface area contributed by atoms with E-state index in [1.165, 1.54) is 19.4 Å². The fourth-order valence-corrected chi connectivity index (χ4v) is 2.73. The maximum Gasteiger partial charge on any atom is 0.213 e. The number of hydrogen-bond donors (Lipinski definition) is 0. The highest BCUT2D eigenvalue weighted by Crippen LogP contribution is 2.21. The van der Waals surface area contributed by atoms with E-state index in [1.54, 1.807) is 12.1 Å². The topological polar surface area (TPSA) is 25.4 Å². The van der Waals surface area contributed by atoms with Crippen LogP contribution in [0, 0.1) is 0 Å². The van der Waals surface area contributed by atoms with E-state index in [-0.39, 0.29) is 0 Å². The van der Waals surface area contributed by atoms with Crippen molar-refractivity contribution in [3.63, 3.8) is 0 Å². The zero-order valence-electron chi connectivity index (χ0n) is 10.5. The zero-order chi connectivity index (χ0) is 13.0. The summed E-state index contributed by atoms with van der Waals surface area (Å²) in [5.41, 5.74) is 0.675. The van der Waals surface area contributed by atoms with Crippen LogP contribution in [0.15, 0.2) is 12.1 Å². The molecule has 1 aromatic rings. The first-order valence-corrected chi connectivity index (χ1v) is 7.16. The van der Waals surface area contributed by atoms with Gasteiger partial charge in [-0.15, -0.1) is 11.6 Å². The van der Waals surface area contributed by atoms with Crippen LogP contribution in [-0.2, 0) is 5.88 Å². The fraction of sp³-hybridized carbons (Fsp3) is 0.615. The Kier molecular flexibility index (Phi) is 5.10. The van der Waals surface area contributed by atoms with E-state index in [1.807, 2.05) is 0 Å². The molecule has 18 heavy (non-hydrogen) atoms. The van der Waals surface area contributed by atoms with Crippen molar-refractivity contribution >= 4 is 23.2 Å². The Morgan fingerprint density at radius 1 is 1.50 bits per heavy atom. The smallest absolute Gasteiger partial charge is 0.213 e. The van der Waals surface area contributed by atoms with Crippen molar-refractivity contribution in [2.45, 2.75) is 31.2 Å². The molecule has 1 aliphatic heterocycles. The van der Waals surface area contributed by atoms with Crippen LogP contribution in [-0.4, -0.2) is 36.1 Å². The van der Waals surface area contributed by atoms with Gasteiger partial charge in [-0.25, -0.2) is 4.98 Å². The minimum Gasteiger partial charge on any atom is -0.478 e. The summed E-state index contributed by atoms with van der Waals surface area (Å²) in [6, 6.07) is 4.21. The maximum atomic E-state index is 5.94. The van der Waals surface area contributed by atoms with Crippen LogP contribution in [0.1, 0.15) is 25.0 Å². The molecule has 1 aromatic heterocycles. The summed E-state index contributed by atoms with van der Waals surface area (Å²) in [5, 5.41) is 0.591. The molecule has 0 saturated carbocycles. The van der Waals surface area contributed by atoms with Crippen molar-refractivity contribution in [2.75, 3.05) is 20.2 Å². The van der Waals surface area contributed by atoms with Crippen LogP contribution in [0.5, 0.6) is 5.88 Å².